The summed E-state index contributed by atoms with van der Waals surface area (Å²) < 4.78 is 0. The van der Waals surface area contributed by atoms with Crippen LogP contribution in [0.15, 0.2) is 30.3 Å². The van der Waals surface area contributed by atoms with Crippen molar-refractivity contribution >= 4 is 16.7 Å². The van der Waals surface area contributed by atoms with E-state index in [0.717, 1.165) is 35.4 Å². The molecule has 0 amide bonds. The second-order valence-corrected chi connectivity index (χ2v) is 6.31. The highest BCUT2D eigenvalue weighted by Gasteiger charge is 2.29. The zero-order valence-electron chi connectivity index (χ0n) is 12.8. The lowest BCUT2D eigenvalue weighted by Gasteiger charge is -2.39. The molecule has 1 aromatic heterocycles. The van der Waals surface area contributed by atoms with Crippen LogP contribution in [0.1, 0.15) is 38.7 Å². The van der Waals surface area contributed by atoms with Crippen LogP contribution >= 0.6 is 0 Å². The van der Waals surface area contributed by atoms with E-state index in [9.17, 15) is 5.26 Å². The molecule has 0 bridgehead atoms. The van der Waals surface area contributed by atoms with Crippen molar-refractivity contribution in [1.82, 2.24) is 4.98 Å². The molecule has 0 radical (unpaired) electrons. The Morgan fingerprint density at radius 3 is 2.67 bits per heavy atom. The normalized spacial score (nSPS) is 17.7. The number of benzene rings is 1. The van der Waals surface area contributed by atoms with Gasteiger partial charge in [0.2, 0.25) is 0 Å². The molecule has 1 saturated heterocycles. The van der Waals surface area contributed by atoms with Gasteiger partial charge in [0, 0.05) is 18.5 Å². The third-order valence-corrected chi connectivity index (χ3v) is 4.97. The van der Waals surface area contributed by atoms with E-state index in [2.05, 4.69) is 24.8 Å². The molecule has 0 unspecified atom stereocenters. The number of rotatable bonds is 2. The number of para-hydroxylation sites is 1. The molecule has 21 heavy (non-hydrogen) atoms. The van der Waals surface area contributed by atoms with Crippen LogP contribution in [0.25, 0.3) is 10.9 Å². The summed E-state index contributed by atoms with van der Waals surface area (Å²) in [5, 5.41) is 10.3. The summed E-state index contributed by atoms with van der Waals surface area (Å²) in [7, 11) is 0. The molecule has 3 heteroatoms. The predicted octanol–water partition coefficient (Wildman–Crippen LogP) is 4.12. The number of hydrogen-bond donors (Lipinski definition) is 0. The largest absolute Gasteiger partial charge is 0.357 e. The van der Waals surface area contributed by atoms with Crippen molar-refractivity contribution in [2.75, 3.05) is 18.0 Å². The van der Waals surface area contributed by atoms with Crippen LogP contribution in [0.3, 0.4) is 0 Å². The third kappa shape index (κ3) is 2.58. The van der Waals surface area contributed by atoms with Gasteiger partial charge >= 0.3 is 0 Å². The lowest BCUT2D eigenvalue weighted by atomic mass is 9.78. The van der Waals surface area contributed by atoms with Crippen LogP contribution in [0, 0.1) is 16.7 Å². The van der Waals surface area contributed by atoms with E-state index in [-0.39, 0.29) is 0 Å². The first-order valence-electron chi connectivity index (χ1n) is 7.70. The molecule has 0 atom stereocenters. The van der Waals surface area contributed by atoms with Gasteiger partial charge in [0.1, 0.15) is 5.82 Å². The summed E-state index contributed by atoms with van der Waals surface area (Å²) in [4.78, 5) is 7.08. The monoisotopic (exact) mass is 279 g/mol. The van der Waals surface area contributed by atoms with E-state index in [0.29, 0.717) is 5.41 Å². The molecule has 1 aliphatic heterocycles. The summed E-state index contributed by atoms with van der Waals surface area (Å²) in [6, 6.07) is 12.1. The molecule has 1 aromatic carbocycles. The van der Waals surface area contributed by atoms with Gasteiger partial charge in [-0.1, -0.05) is 38.5 Å². The Bertz CT molecular complexity index is 691. The Labute approximate surface area is 126 Å². The summed E-state index contributed by atoms with van der Waals surface area (Å²) in [6.45, 7) is 6.71. The maximum absolute atomic E-state index is 9.38. The number of hydrogen-bond acceptors (Lipinski definition) is 3. The molecule has 108 valence electrons. The number of aromatic nitrogens is 1. The molecule has 3 rings (SSSR count). The Hall–Kier alpha value is -2.08. The van der Waals surface area contributed by atoms with E-state index >= 15 is 0 Å². The van der Waals surface area contributed by atoms with Gasteiger partial charge in [-0.15, -0.1) is 0 Å². The topological polar surface area (TPSA) is 39.9 Å². The van der Waals surface area contributed by atoms with Gasteiger partial charge in [-0.3, -0.25) is 0 Å². The maximum Gasteiger partial charge on any atom is 0.130 e. The summed E-state index contributed by atoms with van der Waals surface area (Å²) in [6.07, 6.45) is 3.62. The summed E-state index contributed by atoms with van der Waals surface area (Å²) in [5.41, 5.74) is 2.10. The molecule has 0 N–H and O–H groups in total. The van der Waals surface area contributed by atoms with Crippen LogP contribution in [0.5, 0.6) is 0 Å². The van der Waals surface area contributed by atoms with Gasteiger partial charge in [0.15, 0.2) is 0 Å². The zero-order valence-corrected chi connectivity index (χ0v) is 12.8. The number of anilines is 1. The fourth-order valence-corrected chi connectivity index (χ4v) is 3.05. The van der Waals surface area contributed by atoms with E-state index in [1.54, 1.807) is 0 Å². The second-order valence-electron chi connectivity index (χ2n) is 6.31. The van der Waals surface area contributed by atoms with Crippen molar-refractivity contribution in [2.45, 2.75) is 33.1 Å². The standard InChI is InChI=1S/C18H21N3/c1-3-18(2)8-10-21(11-9-18)17-12-14(13-19)15-6-4-5-7-16(15)20-17/h4-7,12H,3,8-11H2,1-2H3. The van der Waals surface area contributed by atoms with Gasteiger partial charge in [0.05, 0.1) is 17.1 Å². The minimum atomic E-state index is 0.464. The highest BCUT2D eigenvalue weighted by Crippen LogP contribution is 2.35. The van der Waals surface area contributed by atoms with Crippen molar-refractivity contribution in [3.05, 3.63) is 35.9 Å². The van der Waals surface area contributed by atoms with Crippen LogP contribution in [-0.4, -0.2) is 18.1 Å². The van der Waals surface area contributed by atoms with Gasteiger partial charge in [0.25, 0.3) is 0 Å². The van der Waals surface area contributed by atoms with Crippen molar-refractivity contribution in [3.8, 4) is 6.07 Å². The molecule has 0 aliphatic carbocycles. The number of piperidine rings is 1. The number of nitrogens with zero attached hydrogens (tertiary/aromatic N) is 3. The molecule has 1 fully saturated rings. The average Bonchev–Trinajstić information content (AvgIpc) is 2.54. The fourth-order valence-electron chi connectivity index (χ4n) is 3.05. The molecule has 1 aliphatic rings. The highest BCUT2D eigenvalue weighted by molar-refractivity contribution is 5.86. The summed E-state index contributed by atoms with van der Waals surface area (Å²) in [5.74, 6) is 0.948. The van der Waals surface area contributed by atoms with Gasteiger partial charge in [-0.2, -0.15) is 5.26 Å². The zero-order chi connectivity index (χ0) is 14.9. The first-order chi connectivity index (χ1) is 10.1. The van der Waals surface area contributed by atoms with E-state index < -0.39 is 0 Å². The van der Waals surface area contributed by atoms with Gasteiger partial charge in [-0.25, -0.2) is 4.98 Å². The first-order valence-corrected chi connectivity index (χ1v) is 7.70. The number of nitriles is 1. The van der Waals surface area contributed by atoms with E-state index in [1.807, 2.05) is 30.3 Å². The second kappa shape index (κ2) is 5.37. The first kappa shape index (κ1) is 13.9. The molecule has 3 nitrogen and oxygen atoms in total. The molecule has 0 spiro atoms. The maximum atomic E-state index is 9.38. The van der Waals surface area contributed by atoms with E-state index in [1.165, 1.54) is 19.3 Å². The van der Waals surface area contributed by atoms with Gasteiger partial charge in [-0.05, 0) is 30.4 Å². The predicted molar refractivity (Wildman–Crippen MR) is 86.3 cm³/mol. The third-order valence-electron chi connectivity index (χ3n) is 4.97. The minimum Gasteiger partial charge on any atom is -0.357 e. The quantitative estimate of drug-likeness (QED) is 0.830. The van der Waals surface area contributed by atoms with Crippen LogP contribution in [0.4, 0.5) is 5.82 Å². The van der Waals surface area contributed by atoms with Crippen molar-refractivity contribution in [2.24, 2.45) is 5.41 Å². The van der Waals surface area contributed by atoms with Crippen molar-refractivity contribution in [3.63, 3.8) is 0 Å². The average molecular weight is 279 g/mol. The lowest BCUT2D eigenvalue weighted by molar-refractivity contribution is 0.238. The highest BCUT2D eigenvalue weighted by atomic mass is 15.2. The van der Waals surface area contributed by atoms with Crippen LogP contribution < -0.4 is 4.90 Å². The van der Waals surface area contributed by atoms with Crippen LogP contribution in [-0.2, 0) is 0 Å². The number of fused-ring (bicyclic) bond motifs is 1. The van der Waals surface area contributed by atoms with E-state index in [4.69, 9.17) is 4.98 Å². The Kier molecular flexibility index (Phi) is 3.55. The molecule has 2 heterocycles. The SMILES string of the molecule is CCC1(C)CCN(c2cc(C#N)c3ccccc3n2)CC1. The Balaban J connectivity index is 1.94. The minimum absolute atomic E-state index is 0.464. The van der Waals surface area contributed by atoms with Crippen molar-refractivity contribution in [1.29, 1.82) is 5.26 Å². The molecule has 2 aromatic rings. The Morgan fingerprint density at radius 2 is 2.00 bits per heavy atom. The molecular weight excluding hydrogens is 258 g/mol. The summed E-state index contributed by atoms with van der Waals surface area (Å²) >= 11 is 0. The Morgan fingerprint density at radius 1 is 1.29 bits per heavy atom. The van der Waals surface area contributed by atoms with Crippen LogP contribution in [0.2, 0.25) is 0 Å². The number of pyridine rings is 1. The van der Waals surface area contributed by atoms with Gasteiger partial charge < -0.3 is 4.90 Å². The smallest absolute Gasteiger partial charge is 0.130 e. The molecular formula is C18H21N3. The fraction of sp³-hybridized carbons (Fsp3) is 0.444. The molecule has 0 saturated carbocycles. The lowest BCUT2D eigenvalue weighted by Crippen LogP contribution is -2.38. The van der Waals surface area contributed by atoms with Crippen molar-refractivity contribution < 1.29 is 0 Å².